The summed E-state index contributed by atoms with van der Waals surface area (Å²) in [5.41, 5.74) is 2.69. The van der Waals surface area contributed by atoms with Crippen molar-refractivity contribution >= 4 is 17.3 Å². The third kappa shape index (κ3) is 7.89. The highest BCUT2D eigenvalue weighted by Crippen LogP contribution is 2.20. The topological polar surface area (TPSA) is 54.3 Å². The smallest absolute Gasteiger partial charge is 0.145 e. The molecule has 0 saturated heterocycles. The van der Waals surface area contributed by atoms with Crippen LogP contribution >= 0.6 is 11.6 Å². The fourth-order valence-corrected chi connectivity index (χ4v) is 3.64. The molecule has 2 atom stereocenters. The van der Waals surface area contributed by atoms with Crippen molar-refractivity contribution < 1.29 is 19.1 Å². The van der Waals surface area contributed by atoms with E-state index >= 15 is 0 Å². The van der Waals surface area contributed by atoms with Crippen molar-refractivity contribution in [1.29, 1.82) is 0 Å². The van der Waals surface area contributed by atoms with Crippen molar-refractivity contribution in [2.75, 3.05) is 26.3 Å². The van der Waals surface area contributed by atoms with Gasteiger partial charge in [0.25, 0.3) is 0 Å². The molecule has 0 fully saturated rings. The van der Waals surface area contributed by atoms with Gasteiger partial charge in [-0.05, 0) is 41.3 Å². The first-order valence-corrected chi connectivity index (χ1v) is 11.0. The first-order chi connectivity index (χ1) is 14.9. The Kier molecular flexibility index (Phi) is 8.84. The highest BCUT2D eigenvalue weighted by Gasteiger charge is 2.26. The molecule has 0 aromatic heterocycles. The zero-order valence-corrected chi connectivity index (χ0v) is 18.8. The second-order valence-electron chi connectivity index (χ2n) is 8.39. The summed E-state index contributed by atoms with van der Waals surface area (Å²) in [4.78, 5) is 7.72. The molecule has 2 aromatic carbocycles. The molecule has 7 heteroatoms. The summed E-state index contributed by atoms with van der Waals surface area (Å²) in [5.74, 6) is 0.134. The Morgan fingerprint density at radius 1 is 1.23 bits per heavy atom. The van der Waals surface area contributed by atoms with Crippen LogP contribution in [0.15, 0.2) is 53.7 Å². The van der Waals surface area contributed by atoms with Crippen molar-refractivity contribution in [2.45, 2.75) is 39.0 Å². The molecule has 5 nitrogen and oxygen atoms in total. The number of nitrogens with zero attached hydrogens (tertiary/aromatic N) is 2. The van der Waals surface area contributed by atoms with E-state index in [0.29, 0.717) is 43.6 Å². The molecule has 0 radical (unpaired) electrons. The molecule has 1 aliphatic rings. The molecule has 1 heterocycles. The van der Waals surface area contributed by atoms with Gasteiger partial charge in [-0.2, -0.15) is 0 Å². The van der Waals surface area contributed by atoms with Crippen molar-refractivity contribution in [2.24, 2.45) is 11.1 Å². The number of rotatable bonds is 11. The highest BCUT2D eigenvalue weighted by atomic mass is 35.5. The van der Waals surface area contributed by atoms with Gasteiger partial charge in [0.2, 0.25) is 0 Å². The van der Waals surface area contributed by atoms with Crippen molar-refractivity contribution in [1.82, 2.24) is 4.90 Å². The molecule has 0 unspecified atom stereocenters. The lowest BCUT2D eigenvalue weighted by molar-refractivity contribution is -0.00735. The molecule has 31 heavy (non-hydrogen) atoms. The molecule has 1 aliphatic heterocycles. The standard InChI is InChI=1S/C24H30ClFN2O3/c1-17(2)15-30-16-22(29)13-28(12-18-4-3-5-21(26)10-18)14-23-11-24(27-31-23)19-6-8-20(25)9-7-19/h3-10,17,22-23,29H,11-16H2,1-2H3/t22-,23-/m0/s1. The largest absolute Gasteiger partial charge is 0.390 e. The summed E-state index contributed by atoms with van der Waals surface area (Å²) in [6.45, 7) is 6.44. The Balaban J connectivity index is 1.60. The number of oxime groups is 1. The van der Waals surface area contributed by atoms with Crippen molar-refractivity contribution in [3.63, 3.8) is 0 Å². The van der Waals surface area contributed by atoms with Crippen LogP contribution in [0.25, 0.3) is 0 Å². The molecule has 0 aliphatic carbocycles. The molecule has 0 amide bonds. The van der Waals surface area contributed by atoms with Gasteiger partial charge < -0.3 is 14.7 Å². The number of halogens is 2. The number of ether oxygens (including phenoxy) is 1. The summed E-state index contributed by atoms with van der Waals surface area (Å²) in [5, 5.41) is 15.4. The van der Waals surface area contributed by atoms with E-state index in [0.717, 1.165) is 16.8 Å². The van der Waals surface area contributed by atoms with Crippen LogP contribution < -0.4 is 0 Å². The lowest BCUT2D eigenvalue weighted by Crippen LogP contribution is -2.39. The third-order valence-electron chi connectivity index (χ3n) is 4.90. The quantitative estimate of drug-likeness (QED) is 0.549. The van der Waals surface area contributed by atoms with E-state index in [1.54, 1.807) is 6.07 Å². The molecular formula is C24H30ClFN2O3. The Morgan fingerprint density at radius 3 is 2.71 bits per heavy atom. The summed E-state index contributed by atoms with van der Waals surface area (Å²) in [6, 6.07) is 14.0. The molecule has 1 N–H and O–H groups in total. The predicted molar refractivity (Wildman–Crippen MR) is 121 cm³/mol. The predicted octanol–water partition coefficient (Wildman–Crippen LogP) is 4.51. The van der Waals surface area contributed by atoms with Crippen LogP contribution in [0, 0.1) is 11.7 Å². The van der Waals surface area contributed by atoms with Crippen LogP contribution in [0.4, 0.5) is 4.39 Å². The van der Waals surface area contributed by atoms with E-state index in [1.807, 2.05) is 30.3 Å². The molecule has 168 valence electrons. The average molecular weight is 449 g/mol. The average Bonchev–Trinajstić information content (AvgIpc) is 3.16. The Labute approximate surface area is 188 Å². The minimum Gasteiger partial charge on any atom is -0.390 e. The van der Waals surface area contributed by atoms with E-state index in [4.69, 9.17) is 21.2 Å². The molecule has 0 saturated carbocycles. The Bertz CT molecular complexity index is 860. The third-order valence-corrected chi connectivity index (χ3v) is 5.15. The number of aliphatic hydroxyl groups excluding tert-OH is 1. The second kappa shape index (κ2) is 11.6. The normalized spacial score (nSPS) is 17.1. The first kappa shape index (κ1) is 23.7. The zero-order chi connectivity index (χ0) is 22.2. The van der Waals surface area contributed by atoms with Gasteiger partial charge in [-0.15, -0.1) is 0 Å². The Hall–Kier alpha value is -1.99. The molecule has 3 rings (SSSR count). The van der Waals surface area contributed by atoms with E-state index in [9.17, 15) is 9.50 Å². The Morgan fingerprint density at radius 2 is 2.00 bits per heavy atom. The summed E-state index contributed by atoms with van der Waals surface area (Å²) < 4.78 is 19.2. The minimum atomic E-state index is -0.648. The van der Waals surface area contributed by atoms with Crippen LogP contribution in [-0.4, -0.2) is 54.2 Å². The van der Waals surface area contributed by atoms with Gasteiger partial charge in [0.15, 0.2) is 0 Å². The lowest BCUT2D eigenvalue weighted by atomic mass is 10.0. The highest BCUT2D eigenvalue weighted by molar-refractivity contribution is 6.30. The van der Waals surface area contributed by atoms with Crippen LogP contribution in [0.1, 0.15) is 31.4 Å². The summed E-state index contributed by atoms with van der Waals surface area (Å²) in [6.07, 6.45) is -0.144. The van der Waals surface area contributed by atoms with Crippen molar-refractivity contribution in [3.8, 4) is 0 Å². The maximum atomic E-state index is 13.7. The fraction of sp³-hybridized carbons (Fsp3) is 0.458. The van der Waals surface area contributed by atoms with Gasteiger partial charge in [-0.3, -0.25) is 4.90 Å². The zero-order valence-electron chi connectivity index (χ0n) is 18.0. The van der Waals surface area contributed by atoms with Crippen LogP contribution in [0.3, 0.4) is 0 Å². The van der Waals surface area contributed by atoms with Crippen LogP contribution in [0.2, 0.25) is 5.02 Å². The van der Waals surface area contributed by atoms with Gasteiger partial charge in [-0.1, -0.05) is 54.9 Å². The van der Waals surface area contributed by atoms with Gasteiger partial charge in [0.05, 0.1) is 18.4 Å². The number of aliphatic hydroxyl groups is 1. The first-order valence-electron chi connectivity index (χ1n) is 10.6. The van der Waals surface area contributed by atoms with Gasteiger partial charge in [-0.25, -0.2) is 4.39 Å². The SMILES string of the molecule is CC(C)COC[C@@H](O)CN(Cc1cccc(F)c1)C[C@@H]1CC(c2ccc(Cl)cc2)=NO1. The monoisotopic (exact) mass is 448 g/mol. The van der Waals surface area contributed by atoms with Gasteiger partial charge in [0, 0.05) is 37.7 Å². The van der Waals surface area contributed by atoms with Crippen LogP contribution in [-0.2, 0) is 16.1 Å². The van der Waals surface area contributed by atoms with E-state index in [-0.39, 0.29) is 18.5 Å². The van der Waals surface area contributed by atoms with Gasteiger partial charge >= 0.3 is 0 Å². The van der Waals surface area contributed by atoms with Crippen LogP contribution in [0.5, 0.6) is 0 Å². The molecule has 2 aromatic rings. The fourth-order valence-electron chi connectivity index (χ4n) is 3.51. The molecular weight excluding hydrogens is 419 g/mol. The van der Waals surface area contributed by atoms with E-state index in [1.165, 1.54) is 12.1 Å². The number of benzene rings is 2. The van der Waals surface area contributed by atoms with Crippen molar-refractivity contribution in [3.05, 3.63) is 70.5 Å². The second-order valence-corrected chi connectivity index (χ2v) is 8.82. The lowest BCUT2D eigenvalue weighted by Gasteiger charge is -2.27. The molecule has 0 bridgehead atoms. The summed E-state index contributed by atoms with van der Waals surface area (Å²) in [7, 11) is 0. The minimum absolute atomic E-state index is 0.150. The van der Waals surface area contributed by atoms with E-state index in [2.05, 4.69) is 23.9 Å². The maximum Gasteiger partial charge on any atom is 0.145 e. The molecule has 0 spiro atoms. The maximum absolute atomic E-state index is 13.7. The number of hydrogen-bond acceptors (Lipinski definition) is 5. The summed E-state index contributed by atoms with van der Waals surface area (Å²) >= 11 is 5.97. The van der Waals surface area contributed by atoms with E-state index < -0.39 is 6.10 Å². The van der Waals surface area contributed by atoms with Gasteiger partial charge in [0.1, 0.15) is 11.9 Å². The number of hydrogen-bond donors (Lipinski definition) is 1.